The van der Waals surface area contributed by atoms with E-state index >= 15 is 0 Å². The molecule has 3 aromatic rings. The first kappa shape index (κ1) is 23.0. The molecule has 170 valence electrons. The van der Waals surface area contributed by atoms with Crippen LogP contribution < -0.4 is 0 Å². The second kappa shape index (κ2) is 10.2. The van der Waals surface area contributed by atoms with Crippen LogP contribution in [0.15, 0.2) is 91.0 Å². The molecule has 0 saturated heterocycles. The predicted octanol–water partition coefficient (Wildman–Crippen LogP) is 7.74. The molecule has 1 saturated carbocycles. The van der Waals surface area contributed by atoms with Crippen molar-refractivity contribution in [3.05, 3.63) is 102 Å². The second-order valence-corrected chi connectivity index (χ2v) is 9.88. The van der Waals surface area contributed by atoms with E-state index in [0.717, 1.165) is 24.8 Å². The standard InChI is InChI=1S/C31H34O2/c1-23-17-19-28(31(2,3)27-20-18-25-14-8-9-15-26(25)21-27)22-29(23)33-30(32)16-10-7-13-24-11-5-4-6-12-24/h4-16,18,20-21,23,28-29H,17,19,22H2,1-3H3/b13-7+,16-10+/t23-,28+,29+/m0/s1. The monoisotopic (exact) mass is 438 g/mol. The minimum atomic E-state index is -0.256. The average molecular weight is 439 g/mol. The van der Waals surface area contributed by atoms with E-state index in [1.807, 2.05) is 42.5 Å². The molecule has 0 heterocycles. The normalized spacial score (nSPS) is 21.6. The van der Waals surface area contributed by atoms with E-state index in [4.69, 9.17) is 4.74 Å². The molecule has 0 bridgehead atoms. The van der Waals surface area contributed by atoms with Crippen molar-refractivity contribution in [3.8, 4) is 0 Å². The van der Waals surface area contributed by atoms with Gasteiger partial charge in [0.25, 0.3) is 0 Å². The number of hydrogen-bond donors (Lipinski definition) is 0. The Morgan fingerprint density at radius 3 is 2.42 bits per heavy atom. The van der Waals surface area contributed by atoms with Gasteiger partial charge < -0.3 is 4.74 Å². The molecule has 0 aliphatic heterocycles. The van der Waals surface area contributed by atoms with E-state index < -0.39 is 0 Å². The highest BCUT2D eigenvalue weighted by Gasteiger charge is 2.39. The van der Waals surface area contributed by atoms with Gasteiger partial charge in [-0.05, 0) is 58.4 Å². The molecule has 3 aromatic carbocycles. The lowest BCUT2D eigenvalue weighted by molar-refractivity contribution is -0.148. The van der Waals surface area contributed by atoms with Crippen molar-refractivity contribution in [2.45, 2.75) is 51.6 Å². The highest BCUT2D eigenvalue weighted by atomic mass is 16.5. The number of ether oxygens (including phenoxy) is 1. The van der Waals surface area contributed by atoms with Gasteiger partial charge >= 0.3 is 5.97 Å². The van der Waals surface area contributed by atoms with E-state index in [9.17, 15) is 4.79 Å². The highest BCUT2D eigenvalue weighted by molar-refractivity contribution is 5.83. The van der Waals surface area contributed by atoms with Crippen molar-refractivity contribution >= 4 is 22.8 Å². The zero-order valence-electron chi connectivity index (χ0n) is 19.9. The van der Waals surface area contributed by atoms with Crippen molar-refractivity contribution in [1.82, 2.24) is 0 Å². The van der Waals surface area contributed by atoms with Gasteiger partial charge in [0.2, 0.25) is 0 Å². The first-order valence-corrected chi connectivity index (χ1v) is 12.0. The Morgan fingerprint density at radius 2 is 1.64 bits per heavy atom. The number of benzene rings is 3. The van der Waals surface area contributed by atoms with Crippen molar-refractivity contribution in [2.24, 2.45) is 11.8 Å². The Labute approximate surface area is 198 Å². The Kier molecular flexibility index (Phi) is 7.13. The molecule has 1 fully saturated rings. The quantitative estimate of drug-likeness (QED) is 0.223. The first-order chi connectivity index (χ1) is 15.9. The van der Waals surface area contributed by atoms with Gasteiger partial charge in [0.15, 0.2) is 0 Å². The van der Waals surface area contributed by atoms with Crippen molar-refractivity contribution in [1.29, 1.82) is 0 Å². The van der Waals surface area contributed by atoms with Gasteiger partial charge in [-0.25, -0.2) is 4.79 Å². The van der Waals surface area contributed by atoms with Crippen LogP contribution in [0.4, 0.5) is 0 Å². The molecule has 0 N–H and O–H groups in total. The lowest BCUT2D eigenvalue weighted by Gasteiger charge is -2.42. The van der Waals surface area contributed by atoms with Crippen LogP contribution in [0.1, 0.15) is 51.2 Å². The minimum Gasteiger partial charge on any atom is -0.459 e. The van der Waals surface area contributed by atoms with Crippen molar-refractivity contribution < 1.29 is 9.53 Å². The zero-order chi connectivity index (χ0) is 23.3. The highest BCUT2D eigenvalue weighted by Crippen LogP contribution is 2.43. The van der Waals surface area contributed by atoms with Gasteiger partial charge in [0.1, 0.15) is 6.10 Å². The summed E-state index contributed by atoms with van der Waals surface area (Å²) in [5.74, 6) is 0.592. The molecule has 4 rings (SSSR count). The summed E-state index contributed by atoms with van der Waals surface area (Å²) < 4.78 is 5.93. The molecule has 0 aromatic heterocycles. The van der Waals surface area contributed by atoms with Gasteiger partial charge in [-0.1, -0.05) is 112 Å². The lowest BCUT2D eigenvalue weighted by Crippen LogP contribution is -2.39. The Balaban J connectivity index is 1.40. The fraction of sp³-hybridized carbons (Fsp3) is 0.323. The summed E-state index contributed by atoms with van der Waals surface area (Å²) in [6, 6.07) is 25.4. The molecular weight excluding hydrogens is 404 g/mol. The summed E-state index contributed by atoms with van der Waals surface area (Å²) in [4.78, 5) is 12.5. The molecular formula is C31H34O2. The number of carbonyl (C=O) groups is 1. The third-order valence-electron chi connectivity index (χ3n) is 7.34. The maximum Gasteiger partial charge on any atom is 0.331 e. The summed E-state index contributed by atoms with van der Waals surface area (Å²) in [6.07, 6.45) is 10.3. The van der Waals surface area contributed by atoms with Crippen molar-refractivity contribution in [2.75, 3.05) is 0 Å². The first-order valence-electron chi connectivity index (χ1n) is 12.0. The van der Waals surface area contributed by atoms with Crippen LogP contribution in [0.5, 0.6) is 0 Å². The Bertz CT molecular complexity index is 1140. The number of esters is 1. The number of carbonyl (C=O) groups excluding carboxylic acids is 1. The number of allylic oxidation sites excluding steroid dienone is 2. The van der Waals surface area contributed by atoms with Crippen molar-refractivity contribution in [3.63, 3.8) is 0 Å². The summed E-state index contributed by atoms with van der Waals surface area (Å²) in [7, 11) is 0. The molecule has 1 aliphatic rings. The maximum atomic E-state index is 12.5. The fourth-order valence-corrected chi connectivity index (χ4v) is 4.98. The smallest absolute Gasteiger partial charge is 0.331 e. The second-order valence-electron chi connectivity index (χ2n) is 9.88. The third kappa shape index (κ3) is 5.63. The van der Waals surface area contributed by atoms with Crippen LogP contribution in [0, 0.1) is 11.8 Å². The number of rotatable bonds is 6. The molecule has 2 heteroatoms. The van der Waals surface area contributed by atoms with Crippen LogP contribution in [0.3, 0.4) is 0 Å². The summed E-state index contributed by atoms with van der Waals surface area (Å²) in [5.41, 5.74) is 2.48. The third-order valence-corrected chi connectivity index (χ3v) is 7.34. The van der Waals surface area contributed by atoms with Gasteiger partial charge in [0.05, 0.1) is 0 Å². The van der Waals surface area contributed by atoms with Gasteiger partial charge in [-0.3, -0.25) is 0 Å². The van der Waals surface area contributed by atoms with Crippen LogP contribution in [0.2, 0.25) is 0 Å². The van der Waals surface area contributed by atoms with Gasteiger partial charge in [-0.2, -0.15) is 0 Å². The molecule has 33 heavy (non-hydrogen) atoms. The fourth-order valence-electron chi connectivity index (χ4n) is 4.98. The average Bonchev–Trinajstić information content (AvgIpc) is 2.83. The van der Waals surface area contributed by atoms with E-state index in [2.05, 4.69) is 63.2 Å². The van der Waals surface area contributed by atoms with Gasteiger partial charge in [-0.15, -0.1) is 0 Å². The topological polar surface area (TPSA) is 26.3 Å². The lowest BCUT2D eigenvalue weighted by atomic mass is 9.65. The van der Waals surface area contributed by atoms with E-state index in [-0.39, 0.29) is 17.5 Å². The minimum absolute atomic E-state index is 0.0170. The summed E-state index contributed by atoms with van der Waals surface area (Å²) in [5, 5.41) is 2.55. The molecule has 0 radical (unpaired) electrons. The molecule has 0 spiro atoms. The van der Waals surface area contributed by atoms with Crippen LogP contribution >= 0.6 is 0 Å². The van der Waals surface area contributed by atoms with Crippen LogP contribution in [-0.4, -0.2) is 12.1 Å². The number of fused-ring (bicyclic) bond motifs is 1. The molecule has 2 nitrogen and oxygen atoms in total. The largest absolute Gasteiger partial charge is 0.459 e. The van der Waals surface area contributed by atoms with E-state index in [1.54, 1.807) is 6.08 Å². The molecule has 0 amide bonds. The van der Waals surface area contributed by atoms with Gasteiger partial charge in [0, 0.05) is 6.08 Å². The zero-order valence-corrected chi connectivity index (χ0v) is 19.9. The Morgan fingerprint density at radius 1 is 0.909 bits per heavy atom. The predicted molar refractivity (Wildman–Crippen MR) is 138 cm³/mol. The molecule has 1 aliphatic carbocycles. The number of hydrogen-bond acceptors (Lipinski definition) is 2. The van der Waals surface area contributed by atoms with Crippen LogP contribution in [-0.2, 0) is 14.9 Å². The maximum absolute atomic E-state index is 12.5. The molecule has 0 unspecified atom stereocenters. The van der Waals surface area contributed by atoms with Crippen LogP contribution in [0.25, 0.3) is 16.8 Å². The molecule has 3 atom stereocenters. The Hall–Kier alpha value is -3.13. The van der Waals surface area contributed by atoms with E-state index in [0.29, 0.717) is 11.8 Å². The van der Waals surface area contributed by atoms with E-state index in [1.165, 1.54) is 22.4 Å². The summed E-state index contributed by atoms with van der Waals surface area (Å²) >= 11 is 0. The summed E-state index contributed by atoms with van der Waals surface area (Å²) in [6.45, 7) is 6.88. The SMILES string of the molecule is C[C@H]1CC[C@@H](C(C)(C)c2ccc3ccccc3c2)C[C@H]1OC(=O)/C=C/C=C/c1ccccc1.